The molecule has 0 radical (unpaired) electrons. The molecule has 3 nitrogen and oxygen atoms in total. The predicted octanol–water partition coefficient (Wildman–Crippen LogP) is 2.61. The molecule has 3 aliphatic heterocycles. The van der Waals surface area contributed by atoms with Crippen molar-refractivity contribution in [1.82, 2.24) is 10.2 Å². The summed E-state index contributed by atoms with van der Waals surface area (Å²) in [6.07, 6.45) is 2.42. The van der Waals surface area contributed by atoms with Gasteiger partial charge in [0.25, 0.3) is 5.91 Å². The zero-order valence-electron chi connectivity index (χ0n) is 10.4. The number of nitrogens with zero attached hydrogens (tertiary/aromatic N) is 1. The number of piperidine rings is 3. The van der Waals surface area contributed by atoms with Crippen LogP contribution in [0.5, 0.6) is 0 Å². The Morgan fingerprint density at radius 2 is 2.17 bits per heavy atom. The van der Waals surface area contributed by atoms with Gasteiger partial charge in [0.1, 0.15) is 0 Å². The van der Waals surface area contributed by atoms with Crippen LogP contribution >= 0.6 is 22.9 Å². The Kier molecular flexibility index (Phi) is 3.34. The maximum Gasteiger partial charge on any atom is 0.261 e. The number of hydrogen-bond donors (Lipinski definition) is 1. The fraction of sp³-hybridized carbons (Fsp3) is 0.615. The highest BCUT2D eigenvalue weighted by Gasteiger charge is 2.40. The van der Waals surface area contributed by atoms with Crippen LogP contribution in [0.2, 0.25) is 4.34 Å². The van der Waals surface area contributed by atoms with Gasteiger partial charge in [-0.25, -0.2) is 0 Å². The number of carbonyl (C=O) groups is 1. The topological polar surface area (TPSA) is 32.3 Å². The van der Waals surface area contributed by atoms with E-state index in [1.165, 1.54) is 37.3 Å². The van der Waals surface area contributed by atoms with E-state index in [0.29, 0.717) is 27.2 Å². The van der Waals surface area contributed by atoms with Gasteiger partial charge in [-0.15, -0.1) is 11.3 Å². The van der Waals surface area contributed by atoms with Crippen molar-refractivity contribution >= 4 is 28.8 Å². The number of thiophene rings is 1. The van der Waals surface area contributed by atoms with Crippen LogP contribution in [0.4, 0.5) is 0 Å². The quantitative estimate of drug-likeness (QED) is 0.905. The van der Waals surface area contributed by atoms with Crippen molar-refractivity contribution in [3.63, 3.8) is 0 Å². The third-order valence-electron chi connectivity index (χ3n) is 4.27. The standard InChI is InChI=1S/C13H17ClN2OS/c1-8-12(9-4-6-16(8)7-5-9)15-13(17)10-2-3-11(14)18-10/h2-3,8-9,12H,4-7H2,1H3,(H,15,17). The van der Waals surface area contributed by atoms with E-state index in [4.69, 9.17) is 11.6 Å². The first kappa shape index (κ1) is 12.5. The summed E-state index contributed by atoms with van der Waals surface area (Å²) in [7, 11) is 0. The summed E-state index contributed by atoms with van der Waals surface area (Å²) in [6.45, 7) is 4.59. The van der Waals surface area contributed by atoms with Crippen LogP contribution in [0.3, 0.4) is 0 Å². The summed E-state index contributed by atoms with van der Waals surface area (Å²) in [5.74, 6) is 0.668. The van der Waals surface area contributed by atoms with Crippen molar-refractivity contribution in [3.05, 3.63) is 21.3 Å². The van der Waals surface area contributed by atoms with E-state index in [2.05, 4.69) is 17.1 Å². The highest BCUT2D eigenvalue weighted by Crippen LogP contribution is 2.32. The third kappa shape index (κ3) is 2.17. The molecular weight excluding hydrogens is 268 g/mol. The van der Waals surface area contributed by atoms with Crippen molar-refractivity contribution in [3.8, 4) is 0 Å². The first-order chi connectivity index (χ1) is 8.65. The van der Waals surface area contributed by atoms with Gasteiger partial charge in [0, 0.05) is 12.1 Å². The molecule has 1 N–H and O–H groups in total. The van der Waals surface area contributed by atoms with Gasteiger partial charge in [-0.2, -0.15) is 0 Å². The van der Waals surface area contributed by atoms with E-state index >= 15 is 0 Å². The fourth-order valence-electron chi connectivity index (χ4n) is 3.20. The average molecular weight is 285 g/mol. The van der Waals surface area contributed by atoms with Gasteiger partial charge < -0.3 is 5.32 Å². The first-order valence-electron chi connectivity index (χ1n) is 6.45. The molecule has 1 aromatic rings. The molecule has 2 unspecified atom stereocenters. The Morgan fingerprint density at radius 3 is 2.72 bits per heavy atom. The summed E-state index contributed by atoms with van der Waals surface area (Å²) in [5, 5.41) is 3.20. The molecule has 2 bridgehead atoms. The lowest BCUT2D eigenvalue weighted by molar-refractivity contribution is 0.0218. The van der Waals surface area contributed by atoms with Gasteiger partial charge in [-0.1, -0.05) is 11.6 Å². The molecule has 4 rings (SSSR count). The normalized spacial score (nSPS) is 34.6. The van der Waals surface area contributed by atoms with Crippen LogP contribution in [0.25, 0.3) is 0 Å². The highest BCUT2D eigenvalue weighted by molar-refractivity contribution is 7.17. The monoisotopic (exact) mass is 284 g/mol. The summed E-state index contributed by atoms with van der Waals surface area (Å²) in [5.41, 5.74) is 0. The number of rotatable bonds is 2. The van der Waals surface area contributed by atoms with Crippen LogP contribution in [-0.4, -0.2) is 36.0 Å². The molecule has 98 valence electrons. The zero-order valence-corrected chi connectivity index (χ0v) is 11.9. The molecule has 2 atom stereocenters. The minimum atomic E-state index is 0.0255. The molecule has 3 fully saturated rings. The van der Waals surface area contributed by atoms with E-state index in [1.807, 2.05) is 0 Å². The minimum Gasteiger partial charge on any atom is -0.347 e. The van der Waals surface area contributed by atoms with Gasteiger partial charge in [-0.05, 0) is 50.9 Å². The molecule has 3 aliphatic rings. The summed E-state index contributed by atoms with van der Waals surface area (Å²) in [6, 6.07) is 4.33. The molecule has 0 spiro atoms. The first-order valence-corrected chi connectivity index (χ1v) is 7.65. The number of nitrogens with one attached hydrogen (secondary N) is 1. The Hall–Kier alpha value is -0.580. The average Bonchev–Trinajstić information content (AvgIpc) is 2.81. The molecule has 18 heavy (non-hydrogen) atoms. The molecule has 1 aromatic heterocycles. The van der Waals surface area contributed by atoms with E-state index < -0.39 is 0 Å². The van der Waals surface area contributed by atoms with E-state index in [1.54, 1.807) is 12.1 Å². The third-order valence-corrected chi connectivity index (χ3v) is 5.50. The second-order valence-electron chi connectivity index (χ2n) is 5.22. The van der Waals surface area contributed by atoms with Crippen LogP contribution in [0.1, 0.15) is 29.4 Å². The molecule has 3 saturated heterocycles. The summed E-state index contributed by atoms with van der Waals surface area (Å²) >= 11 is 7.21. The number of halogens is 1. The predicted molar refractivity (Wildman–Crippen MR) is 74.3 cm³/mol. The number of carbonyl (C=O) groups excluding carboxylic acids is 1. The van der Waals surface area contributed by atoms with Crippen molar-refractivity contribution in [2.45, 2.75) is 31.8 Å². The van der Waals surface area contributed by atoms with Gasteiger partial charge in [-0.3, -0.25) is 9.69 Å². The van der Waals surface area contributed by atoms with Crippen LogP contribution < -0.4 is 5.32 Å². The molecule has 0 aromatic carbocycles. The van der Waals surface area contributed by atoms with Crippen LogP contribution in [0, 0.1) is 5.92 Å². The molecule has 5 heteroatoms. The Balaban J connectivity index is 1.71. The largest absolute Gasteiger partial charge is 0.347 e. The Bertz CT molecular complexity index is 452. The lowest BCUT2D eigenvalue weighted by Gasteiger charge is -2.49. The summed E-state index contributed by atoms with van der Waals surface area (Å²) in [4.78, 5) is 15.4. The van der Waals surface area contributed by atoms with Crippen molar-refractivity contribution < 1.29 is 4.79 Å². The maximum atomic E-state index is 12.2. The molecule has 0 saturated carbocycles. The molecule has 0 aliphatic carbocycles. The van der Waals surface area contributed by atoms with Crippen LogP contribution in [-0.2, 0) is 0 Å². The lowest BCUT2D eigenvalue weighted by atomic mass is 9.79. The van der Waals surface area contributed by atoms with Crippen molar-refractivity contribution in [1.29, 1.82) is 0 Å². The second kappa shape index (κ2) is 4.83. The smallest absolute Gasteiger partial charge is 0.261 e. The maximum absolute atomic E-state index is 12.2. The van der Waals surface area contributed by atoms with Gasteiger partial charge >= 0.3 is 0 Å². The minimum absolute atomic E-state index is 0.0255. The Morgan fingerprint density at radius 1 is 1.44 bits per heavy atom. The molecular formula is C13H17ClN2OS. The lowest BCUT2D eigenvalue weighted by Crippen LogP contribution is -2.62. The van der Waals surface area contributed by atoms with Gasteiger partial charge in [0.15, 0.2) is 0 Å². The number of amides is 1. The molecule has 4 heterocycles. The van der Waals surface area contributed by atoms with E-state index in [-0.39, 0.29) is 5.91 Å². The molecule has 1 amide bonds. The van der Waals surface area contributed by atoms with Crippen LogP contribution in [0.15, 0.2) is 12.1 Å². The number of fused-ring (bicyclic) bond motifs is 3. The van der Waals surface area contributed by atoms with E-state index in [9.17, 15) is 4.79 Å². The second-order valence-corrected chi connectivity index (χ2v) is 6.93. The van der Waals surface area contributed by atoms with Crippen molar-refractivity contribution in [2.24, 2.45) is 5.92 Å². The van der Waals surface area contributed by atoms with Gasteiger partial charge in [0.2, 0.25) is 0 Å². The zero-order chi connectivity index (χ0) is 12.7. The fourth-order valence-corrected chi connectivity index (χ4v) is 4.15. The number of hydrogen-bond acceptors (Lipinski definition) is 3. The SMILES string of the molecule is CC1C(NC(=O)c2ccc(Cl)s2)C2CCN1CC2. The highest BCUT2D eigenvalue weighted by atomic mass is 35.5. The summed E-state index contributed by atoms with van der Waals surface area (Å²) < 4.78 is 0.669. The van der Waals surface area contributed by atoms with E-state index in [0.717, 1.165) is 0 Å². The van der Waals surface area contributed by atoms with Gasteiger partial charge in [0.05, 0.1) is 9.21 Å². The van der Waals surface area contributed by atoms with Crippen molar-refractivity contribution in [2.75, 3.05) is 13.1 Å². The Labute approximate surface area is 116 Å².